The Labute approximate surface area is 185 Å². The molecule has 0 spiro atoms. The fourth-order valence-corrected chi connectivity index (χ4v) is 4.00. The van der Waals surface area contributed by atoms with E-state index >= 15 is 0 Å². The number of hydrogen-bond donors (Lipinski definition) is 0. The molecule has 1 aliphatic heterocycles. The highest BCUT2D eigenvalue weighted by Gasteiger charge is 2.39. The number of carbonyl (C=O) groups excluding carboxylic acids is 1. The fraction of sp³-hybridized carbons (Fsp3) is 0.444. The molecule has 3 nitrogen and oxygen atoms in total. The van der Waals surface area contributed by atoms with Gasteiger partial charge in [0.2, 0.25) is 0 Å². The molecule has 0 radical (unpaired) electrons. The summed E-state index contributed by atoms with van der Waals surface area (Å²) in [5.74, 6) is -0.375. The van der Waals surface area contributed by atoms with Crippen molar-refractivity contribution in [2.45, 2.75) is 52.6 Å². The van der Waals surface area contributed by atoms with Gasteiger partial charge in [-0.15, -0.1) is 0 Å². The minimum absolute atomic E-state index is 0.00126. The third-order valence-corrected chi connectivity index (χ3v) is 6.16. The van der Waals surface area contributed by atoms with Gasteiger partial charge >= 0.3 is 5.97 Å². The van der Waals surface area contributed by atoms with Gasteiger partial charge in [-0.1, -0.05) is 63.2 Å². The Bertz CT molecular complexity index is 907. The van der Waals surface area contributed by atoms with E-state index in [-0.39, 0.29) is 41.7 Å². The molecular weight excluding hydrogens is 391 g/mol. The summed E-state index contributed by atoms with van der Waals surface area (Å²) >= 11 is 0. The molecule has 0 amide bonds. The molecule has 1 fully saturated rings. The second-order valence-electron chi connectivity index (χ2n) is 9.45. The Kier molecular flexibility index (Phi) is 7.32. The van der Waals surface area contributed by atoms with E-state index in [2.05, 4.69) is 45.0 Å². The van der Waals surface area contributed by atoms with Gasteiger partial charge in [-0.25, -0.2) is 9.18 Å². The van der Waals surface area contributed by atoms with Crippen molar-refractivity contribution in [3.8, 4) is 0 Å². The average Bonchev–Trinajstić information content (AvgIpc) is 3.14. The van der Waals surface area contributed by atoms with Crippen LogP contribution in [0.2, 0.25) is 0 Å². The van der Waals surface area contributed by atoms with Crippen molar-refractivity contribution >= 4 is 5.97 Å². The molecule has 1 heterocycles. The Morgan fingerprint density at radius 2 is 1.77 bits per heavy atom. The number of esters is 1. The lowest BCUT2D eigenvalue weighted by Crippen LogP contribution is -2.24. The summed E-state index contributed by atoms with van der Waals surface area (Å²) in [6, 6.07) is 15.1. The minimum atomic E-state index is -0.305. The largest absolute Gasteiger partial charge is 0.462 e. The molecule has 3 rings (SSSR count). The van der Waals surface area contributed by atoms with Crippen molar-refractivity contribution < 1.29 is 18.7 Å². The maximum Gasteiger partial charge on any atom is 0.333 e. The predicted molar refractivity (Wildman–Crippen MR) is 121 cm³/mol. The second kappa shape index (κ2) is 9.78. The van der Waals surface area contributed by atoms with Crippen LogP contribution in [0.5, 0.6) is 0 Å². The minimum Gasteiger partial charge on any atom is -0.462 e. The summed E-state index contributed by atoms with van der Waals surface area (Å²) in [4.78, 5) is 12.2. The van der Waals surface area contributed by atoms with Crippen LogP contribution in [0.3, 0.4) is 0 Å². The van der Waals surface area contributed by atoms with Crippen LogP contribution in [0.1, 0.15) is 57.4 Å². The third-order valence-electron chi connectivity index (χ3n) is 6.16. The second-order valence-corrected chi connectivity index (χ2v) is 9.45. The van der Waals surface area contributed by atoms with Crippen molar-refractivity contribution in [1.82, 2.24) is 0 Å². The van der Waals surface area contributed by atoms with Crippen LogP contribution in [0.4, 0.5) is 4.39 Å². The van der Waals surface area contributed by atoms with E-state index in [1.165, 1.54) is 23.3 Å². The van der Waals surface area contributed by atoms with Crippen molar-refractivity contribution in [2.24, 2.45) is 11.8 Å². The molecule has 0 aliphatic carbocycles. The molecule has 1 aliphatic rings. The van der Waals surface area contributed by atoms with Crippen molar-refractivity contribution in [3.63, 3.8) is 0 Å². The van der Waals surface area contributed by atoms with Gasteiger partial charge in [0.05, 0.1) is 19.3 Å². The molecule has 0 N–H and O–H groups in total. The summed E-state index contributed by atoms with van der Waals surface area (Å²) < 4.78 is 25.2. The molecule has 0 aromatic heterocycles. The predicted octanol–water partition coefficient (Wildman–Crippen LogP) is 6.18. The SMILES string of the molecule is C/C=C(/C)C(=O)OC[C@H]1[C@@H](Cc2ccc(C(C)(C)C)cc2)CO[C@@H]1c1ccc(F)cc1. The monoisotopic (exact) mass is 424 g/mol. The molecule has 31 heavy (non-hydrogen) atoms. The van der Waals surface area contributed by atoms with Gasteiger partial charge in [-0.3, -0.25) is 0 Å². The number of carbonyl (C=O) groups is 1. The molecular formula is C27H33FO3. The number of hydrogen-bond acceptors (Lipinski definition) is 3. The standard InChI is InChI=1S/C27H33FO3/c1-6-18(2)26(29)31-17-24-21(15-19-7-11-22(12-8-19)27(3,4)5)16-30-25(24)20-9-13-23(28)14-10-20/h6-14,21,24-25H,15-17H2,1-5H3/b18-6-/t21-,24-,25+/m0/s1. The highest BCUT2D eigenvalue weighted by atomic mass is 19.1. The van der Waals surface area contributed by atoms with Gasteiger partial charge in [-0.2, -0.15) is 0 Å². The van der Waals surface area contributed by atoms with Gasteiger partial charge < -0.3 is 9.47 Å². The van der Waals surface area contributed by atoms with Crippen LogP contribution < -0.4 is 0 Å². The number of halogens is 1. The fourth-order valence-electron chi connectivity index (χ4n) is 4.00. The molecule has 0 unspecified atom stereocenters. The average molecular weight is 425 g/mol. The van der Waals surface area contributed by atoms with Gasteiger partial charge in [-0.05, 0) is 60.4 Å². The molecule has 4 heteroatoms. The first-order valence-corrected chi connectivity index (χ1v) is 11.0. The summed E-state index contributed by atoms with van der Waals surface area (Å²) in [5.41, 5.74) is 4.16. The zero-order chi connectivity index (χ0) is 22.6. The summed E-state index contributed by atoms with van der Waals surface area (Å²) in [5, 5.41) is 0. The van der Waals surface area contributed by atoms with Crippen molar-refractivity contribution in [1.29, 1.82) is 0 Å². The third kappa shape index (κ3) is 5.82. The first kappa shape index (κ1) is 23.2. The van der Waals surface area contributed by atoms with E-state index in [0.29, 0.717) is 12.2 Å². The van der Waals surface area contributed by atoms with Crippen molar-refractivity contribution in [3.05, 3.63) is 82.7 Å². The highest BCUT2D eigenvalue weighted by molar-refractivity contribution is 5.87. The molecule has 166 valence electrons. The molecule has 0 bridgehead atoms. The molecule has 2 aromatic carbocycles. The normalized spacial score (nSPS) is 21.9. The lowest BCUT2D eigenvalue weighted by molar-refractivity contribution is -0.141. The number of ether oxygens (including phenoxy) is 2. The Balaban J connectivity index is 1.78. The zero-order valence-electron chi connectivity index (χ0n) is 19.2. The van der Waals surface area contributed by atoms with E-state index in [4.69, 9.17) is 9.47 Å². The van der Waals surface area contributed by atoms with Crippen LogP contribution in [0.25, 0.3) is 0 Å². The van der Waals surface area contributed by atoms with Crippen LogP contribution in [-0.2, 0) is 26.1 Å². The zero-order valence-corrected chi connectivity index (χ0v) is 19.2. The molecule has 2 aromatic rings. The van der Waals surface area contributed by atoms with Gasteiger partial charge in [0, 0.05) is 11.5 Å². The Morgan fingerprint density at radius 3 is 2.35 bits per heavy atom. The van der Waals surface area contributed by atoms with Gasteiger partial charge in [0.15, 0.2) is 0 Å². The molecule has 0 saturated carbocycles. The highest BCUT2D eigenvalue weighted by Crippen LogP contribution is 2.40. The quantitative estimate of drug-likeness (QED) is 0.410. The Morgan fingerprint density at radius 1 is 1.13 bits per heavy atom. The smallest absolute Gasteiger partial charge is 0.333 e. The van der Waals surface area contributed by atoms with Crippen LogP contribution in [0, 0.1) is 17.7 Å². The molecule has 3 atom stereocenters. The first-order valence-electron chi connectivity index (χ1n) is 11.0. The van der Waals surface area contributed by atoms with E-state index in [0.717, 1.165) is 12.0 Å². The topological polar surface area (TPSA) is 35.5 Å². The lowest BCUT2D eigenvalue weighted by atomic mass is 9.82. The number of allylic oxidation sites excluding steroid dienone is 1. The van der Waals surface area contributed by atoms with E-state index in [1.807, 2.05) is 6.92 Å². The van der Waals surface area contributed by atoms with Crippen LogP contribution in [-0.4, -0.2) is 19.2 Å². The van der Waals surface area contributed by atoms with Crippen LogP contribution >= 0.6 is 0 Å². The van der Waals surface area contributed by atoms with E-state index in [1.54, 1.807) is 25.1 Å². The first-order chi connectivity index (χ1) is 14.7. The number of rotatable bonds is 6. The maximum atomic E-state index is 13.4. The van der Waals surface area contributed by atoms with Crippen LogP contribution in [0.15, 0.2) is 60.2 Å². The summed E-state index contributed by atoms with van der Waals surface area (Å²) in [7, 11) is 0. The van der Waals surface area contributed by atoms with Gasteiger partial charge in [0.1, 0.15) is 5.82 Å². The molecule has 1 saturated heterocycles. The lowest BCUT2D eigenvalue weighted by Gasteiger charge is -2.24. The summed E-state index contributed by atoms with van der Waals surface area (Å²) in [6.45, 7) is 11.0. The van der Waals surface area contributed by atoms with E-state index < -0.39 is 0 Å². The Hall–Kier alpha value is -2.46. The maximum absolute atomic E-state index is 13.4. The van der Waals surface area contributed by atoms with Gasteiger partial charge in [0.25, 0.3) is 0 Å². The summed E-state index contributed by atoms with van der Waals surface area (Å²) in [6.07, 6.45) is 2.37. The van der Waals surface area contributed by atoms with Crippen molar-refractivity contribution in [2.75, 3.05) is 13.2 Å². The number of benzene rings is 2. The van der Waals surface area contributed by atoms with E-state index in [9.17, 15) is 9.18 Å².